The molecule has 0 aliphatic carbocycles. The van der Waals surface area contributed by atoms with Gasteiger partial charge in [-0.3, -0.25) is 4.79 Å². The molecule has 1 aliphatic rings. The van der Waals surface area contributed by atoms with Crippen molar-refractivity contribution in [3.05, 3.63) is 53.3 Å². The van der Waals surface area contributed by atoms with Crippen molar-refractivity contribution in [2.45, 2.75) is 19.8 Å². The zero-order valence-electron chi connectivity index (χ0n) is 13.0. The maximum Gasteiger partial charge on any atom is 0.221 e. The summed E-state index contributed by atoms with van der Waals surface area (Å²) in [4.78, 5) is 11.1. The molecule has 0 bridgehead atoms. The number of benzene rings is 2. The number of nitrogens with one attached hydrogen (secondary N) is 2. The molecule has 5 heteroatoms. The molecule has 120 valence electrons. The molecule has 1 aliphatic heterocycles. The molecule has 0 radical (unpaired) electrons. The Morgan fingerprint density at radius 2 is 2.13 bits per heavy atom. The van der Waals surface area contributed by atoms with E-state index in [0.29, 0.717) is 0 Å². The number of carbonyl (C=O) groups excluding carboxylic acids is 1. The van der Waals surface area contributed by atoms with E-state index in [1.165, 1.54) is 24.1 Å². The summed E-state index contributed by atoms with van der Waals surface area (Å²) in [5.41, 5.74) is 3.47. The van der Waals surface area contributed by atoms with Crippen LogP contribution in [0.5, 0.6) is 5.75 Å². The van der Waals surface area contributed by atoms with E-state index in [1.807, 2.05) is 6.07 Å². The van der Waals surface area contributed by atoms with Crippen LogP contribution in [-0.2, 0) is 17.6 Å². The van der Waals surface area contributed by atoms with E-state index in [4.69, 9.17) is 4.74 Å². The quantitative estimate of drug-likeness (QED) is 0.889. The van der Waals surface area contributed by atoms with Crippen molar-refractivity contribution in [3.63, 3.8) is 0 Å². The topological polar surface area (TPSA) is 50.4 Å². The van der Waals surface area contributed by atoms with E-state index in [1.54, 1.807) is 12.1 Å². The van der Waals surface area contributed by atoms with Crippen LogP contribution in [0.2, 0.25) is 0 Å². The molecule has 0 spiro atoms. The Balaban J connectivity index is 1.59. The van der Waals surface area contributed by atoms with Gasteiger partial charge >= 0.3 is 0 Å². The molecular formula is C18H19FN2O2. The highest BCUT2D eigenvalue weighted by molar-refractivity contribution is 5.89. The van der Waals surface area contributed by atoms with E-state index in [2.05, 4.69) is 22.8 Å². The van der Waals surface area contributed by atoms with Gasteiger partial charge < -0.3 is 15.4 Å². The molecule has 0 saturated carbocycles. The summed E-state index contributed by atoms with van der Waals surface area (Å²) in [5, 5.41) is 5.73. The Morgan fingerprint density at radius 3 is 2.96 bits per heavy atom. The average molecular weight is 314 g/mol. The summed E-state index contributed by atoms with van der Waals surface area (Å²) in [6.45, 7) is 2.85. The predicted molar refractivity (Wildman–Crippen MR) is 88.5 cm³/mol. The van der Waals surface area contributed by atoms with Gasteiger partial charge in [-0.1, -0.05) is 12.1 Å². The summed E-state index contributed by atoms with van der Waals surface area (Å²) in [7, 11) is 0. The monoisotopic (exact) mass is 314 g/mol. The van der Waals surface area contributed by atoms with E-state index in [0.717, 1.165) is 37.4 Å². The normalized spacial score (nSPS) is 12.4. The van der Waals surface area contributed by atoms with E-state index >= 15 is 0 Å². The predicted octanol–water partition coefficient (Wildman–Crippen LogP) is 3.37. The van der Waals surface area contributed by atoms with Crippen LogP contribution in [0.15, 0.2) is 36.4 Å². The van der Waals surface area contributed by atoms with Crippen LogP contribution < -0.4 is 15.4 Å². The Labute approximate surface area is 134 Å². The van der Waals surface area contributed by atoms with Crippen molar-refractivity contribution in [3.8, 4) is 5.75 Å². The zero-order chi connectivity index (χ0) is 16.2. The smallest absolute Gasteiger partial charge is 0.221 e. The molecule has 2 aromatic rings. The standard InChI is InChI=1S/C18H19FN2O2/c1-12(22)21-17-11-15(3-4-16(17)19)20-8-6-13-2-5-18-14(10-13)7-9-23-18/h2-5,10-11,20H,6-9H2,1H3,(H,21,22). The molecule has 0 aromatic heterocycles. The second-order valence-electron chi connectivity index (χ2n) is 5.59. The lowest BCUT2D eigenvalue weighted by Crippen LogP contribution is -2.09. The Kier molecular flexibility index (Phi) is 4.46. The molecule has 2 N–H and O–H groups in total. The fourth-order valence-electron chi connectivity index (χ4n) is 2.67. The number of halogens is 1. The lowest BCUT2D eigenvalue weighted by Gasteiger charge is -2.10. The van der Waals surface area contributed by atoms with Crippen LogP contribution in [0.3, 0.4) is 0 Å². The first-order valence-electron chi connectivity index (χ1n) is 7.67. The highest BCUT2D eigenvalue weighted by atomic mass is 19.1. The van der Waals surface area contributed by atoms with Gasteiger partial charge in [0, 0.05) is 25.6 Å². The molecule has 0 atom stereocenters. The molecule has 0 unspecified atom stereocenters. The Bertz CT molecular complexity index is 731. The molecule has 4 nitrogen and oxygen atoms in total. The summed E-state index contributed by atoms with van der Waals surface area (Å²) < 4.78 is 19.1. The molecule has 3 rings (SSSR count). The minimum atomic E-state index is -0.440. The third-order valence-corrected chi connectivity index (χ3v) is 3.77. The van der Waals surface area contributed by atoms with Gasteiger partial charge in [0.2, 0.25) is 5.91 Å². The zero-order valence-corrected chi connectivity index (χ0v) is 13.0. The van der Waals surface area contributed by atoms with Gasteiger partial charge in [0.25, 0.3) is 0 Å². The first kappa shape index (κ1) is 15.3. The van der Waals surface area contributed by atoms with Crippen LogP contribution in [-0.4, -0.2) is 19.1 Å². The van der Waals surface area contributed by atoms with Crippen molar-refractivity contribution in [2.24, 2.45) is 0 Å². The average Bonchev–Trinajstić information content (AvgIpc) is 2.97. The second-order valence-corrected chi connectivity index (χ2v) is 5.59. The summed E-state index contributed by atoms with van der Waals surface area (Å²) in [5.74, 6) is 0.256. The fourth-order valence-corrected chi connectivity index (χ4v) is 2.67. The molecule has 2 aromatic carbocycles. The Morgan fingerprint density at radius 1 is 1.26 bits per heavy atom. The van der Waals surface area contributed by atoms with E-state index in [9.17, 15) is 9.18 Å². The van der Waals surface area contributed by atoms with Crippen LogP contribution in [0.1, 0.15) is 18.1 Å². The van der Waals surface area contributed by atoms with Crippen molar-refractivity contribution < 1.29 is 13.9 Å². The molecule has 23 heavy (non-hydrogen) atoms. The van der Waals surface area contributed by atoms with Gasteiger partial charge in [0.1, 0.15) is 11.6 Å². The van der Waals surface area contributed by atoms with Gasteiger partial charge in [-0.05, 0) is 41.8 Å². The number of anilines is 2. The van der Waals surface area contributed by atoms with Crippen molar-refractivity contribution in [1.82, 2.24) is 0 Å². The number of rotatable bonds is 5. The van der Waals surface area contributed by atoms with Crippen LogP contribution >= 0.6 is 0 Å². The first-order valence-corrected chi connectivity index (χ1v) is 7.67. The number of hydrogen-bond acceptors (Lipinski definition) is 3. The van der Waals surface area contributed by atoms with Crippen molar-refractivity contribution in [1.29, 1.82) is 0 Å². The van der Waals surface area contributed by atoms with Gasteiger partial charge in [-0.2, -0.15) is 0 Å². The van der Waals surface area contributed by atoms with Gasteiger partial charge in [-0.25, -0.2) is 4.39 Å². The van der Waals surface area contributed by atoms with Crippen molar-refractivity contribution >= 4 is 17.3 Å². The SMILES string of the molecule is CC(=O)Nc1cc(NCCc2ccc3c(c2)CCO3)ccc1F. The second kappa shape index (κ2) is 6.69. The molecular weight excluding hydrogens is 295 g/mol. The van der Waals surface area contributed by atoms with Crippen molar-refractivity contribution in [2.75, 3.05) is 23.8 Å². The lowest BCUT2D eigenvalue weighted by atomic mass is 10.1. The molecule has 1 amide bonds. The lowest BCUT2D eigenvalue weighted by molar-refractivity contribution is -0.114. The maximum absolute atomic E-state index is 13.6. The first-order chi connectivity index (χ1) is 11.1. The summed E-state index contributed by atoms with van der Waals surface area (Å²) in [6.07, 6.45) is 1.83. The molecule has 0 fully saturated rings. The maximum atomic E-state index is 13.6. The Hall–Kier alpha value is -2.56. The number of amides is 1. The largest absolute Gasteiger partial charge is 0.493 e. The van der Waals surface area contributed by atoms with E-state index in [-0.39, 0.29) is 11.6 Å². The van der Waals surface area contributed by atoms with Gasteiger partial charge in [0.15, 0.2) is 0 Å². The number of ether oxygens (including phenoxy) is 1. The van der Waals surface area contributed by atoms with E-state index < -0.39 is 5.82 Å². The number of carbonyl (C=O) groups is 1. The summed E-state index contributed by atoms with van der Waals surface area (Å²) in [6, 6.07) is 10.9. The van der Waals surface area contributed by atoms with Crippen LogP contribution in [0, 0.1) is 5.82 Å². The third kappa shape index (κ3) is 3.80. The molecule has 0 saturated heterocycles. The summed E-state index contributed by atoms with van der Waals surface area (Å²) >= 11 is 0. The number of hydrogen-bond donors (Lipinski definition) is 2. The minimum Gasteiger partial charge on any atom is -0.493 e. The third-order valence-electron chi connectivity index (χ3n) is 3.77. The van der Waals surface area contributed by atoms with Crippen LogP contribution in [0.25, 0.3) is 0 Å². The highest BCUT2D eigenvalue weighted by Gasteiger charge is 2.11. The van der Waals surface area contributed by atoms with Gasteiger partial charge in [-0.15, -0.1) is 0 Å². The van der Waals surface area contributed by atoms with Crippen LogP contribution in [0.4, 0.5) is 15.8 Å². The highest BCUT2D eigenvalue weighted by Crippen LogP contribution is 2.26. The fraction of sp³-hybridized carbons (Fsp3) is 0.278. The minimum absolute atomic E-state index is 0.192. The number of fused-ring (bicyclic) bond motifs is 1. The molecule has 1 heterocycles. The van der Waals surface area contributed by atoms with Gasteiger partial charge in [0.05, 0.1) is 12.3 Å².